The van der Waals surface area contributed by atoms with E-state index in [1.165, 1.54) is 11.3 Å². The molecule has 3 rings (SSSR count). The van der Waals surface area contributed by atoms with Crippen molar-refractivity contribution in [3.05, 3.63) is 87.7 Å². The third-order valence-electron chi connectivity index (χ3n) is 4.65. The summed E-state index contributed by atoms with van der Waals surface area (Å²) >= 11 is 1.48. The van der Waals surface area contributed by atoms with Crippen LogP contribution in [0.5, 0.6) is 11.5 Å². The van der Waals surface area contributed by atoms with E-state index in [2.05, 4.69) is 10.6 Å². The number of aryl methyl sites for hydroxylation is 1. The Morgan fingerprint density at radius 1 is 1.03 bits per heavy atom. The quantitative estimate of drug-likeness (QED) is 0.473. The van der Waals surface area contributed by atoms with Crippen LogP contribution >= 0.6 is 11.3 Å². The van der Waals surface area contributed by atoms with Crippen molar-refractivity contribution < 1.29 is 19.1 Å². The van der Waals surface area contributed by atoms with E-state index in [0.717, 1.165) is 16.2 Å². The van der Waals surface area contributed by atoms with Crippen LogP contribution in [0, 0.1) is 6.92 Å². The van der Waals surface area contributed by atoms with Crippen LogP contribution in [-0.4, -0.2) is 31.6 Å². The molecule has 0 aliphatic carbocycles. The lowest BCUT2D eigenvalue weighted by atomic mass is 10.1. The molecule has 1 aromatic heterocycles. The van der Waals surface area contributed by atoms with Gasteiger partial charge in [-0.3, -0.25) is 9.59 Å². The highest BCUT2D eigenvalue weighted by Gasteiger charge is 2.18. The van der Waals surface area contributed by atoms with Crippen LogP contribution in [0.15, 0.2) is 71.7 Å². The third-order valence-corrected chi connectivity index (χ3v) is 5.47. The molecule has 0 aliphatic rings. The predicted molar refractivity (Wildman–Crippen MR) is 127 cm³/mol. The normalized spacial score (nSPS) is 12.0. The van der Waals surface area contributed by atoms with Crippen molar-refractivity contribution in [1.82, 2.24) is 10.6 Å². The van der Waals surface area contributed by atoms with Gasteiger partial charge in [-0.2, -0.15) is 0 Å². The minimum Gasteiger partial charge on any atom is -0.497 e. The second kappa shape index (κ2) is 11.2. The highest BCUT2D eigenvalue weighted by atomic mass is 32.1. The van der Waals surface area contributed by atoms with Gasteiger partial charge in [0.05, 0.1) is 13.2 Å². The number of rotatable bonds is 9. The van der Waals surface area contributed by atoms with E-state index in [1.54, 1.807) is 37.5 Å². The van der Waals surface area contributed by atoms with E-state index >= 15 is 0 Å². The molecule has 3 aromatic rings. The smallest absolute Gasteiger partial charge is 0.268 e. The molecule has 0 saturated heterocycles. The summed E-state index contributed by atoms with van der Waals surface area (Å²) in [6.45, 7) is 3.97. The molecule has 1 heterocycles. The zero-order valence-corrected chi connectivity index (χ0v) is 19.1. The van der Waals surface area contributed by atoms with Crippen LogP contribution in [0.25, 0.3) is 6.08 Å². The van der Waals surface area contributed by atoms with Gasteiger partial charge in [-0.25, -0.2) is 0 Å². The fourth-order valence-corrected chi connectivity index (χ4v) is 3.59. The average molecular weight is 451 g/mol. The molecule has 1 atom stereocenters. The second-order valence-electron chi connectivity index (χ2n) is 7.20. The van der Waals surface area contributed by atoms with Crippen LogP contribution in [0.4, 0.5) is 0 Å². The molecule has 1 unspecified atom stereocenters. The fourth-order valence-electron chi connectivity index (χ4n) is 2.93. The molecule has 166 valence electrons. The van der Waals surface area contributed by atoms with Crippen molar-refractivity contribution in [2.75, 3.05) is 13.7 Å². The minimum atomic E-state index is -0.383. The lowest BCUT2D eigenvalue weighted by molar-refractivity contribution is -0.118. The van der Waals surface area contributed by atoms with Gasteiger partial charge < -0.3 is 20.1 Å². The Kier molecular flexibility index (Phi) is 8.05. The molecule has 2 N–H and O–H groups in total. The van der Waals surface area contributed by atoms with Crippen LogP contribution in [0.3, 0.4) is 0 Å². The molecule has 0 fully saturated rings. The number of thiophene rings is 1. The largest absolute Gasteiger partial charge is 0.497 e. The van der Waals surface area contributed by atoms with Gasteiger partial charge in [-0.05, 0) is 67.3 Å². The first-order valence-electron chi connectivity index (χ1n) is 10.2. The van der Waals surface area contributed by atoms with Gasteiger partial charge in [-0.1, -0.05) is 24.3 Å². The topological polar surface area (TPSA) is 76.7 Å². The summed E-state index contributed by atoms with van der Waals surface area (Å²) in [5, 5.41) is 7.57. The number of nitrogens with one attached hydrogen (secondary N) is 2. The minimum absolute atomic E-state index is 0.178. The summed E-state index contributed by atoms with van der Waals surface area (Å²) in [5.41, 5.74) is 1.53. The Morgan fingerprint density at radius 3 is 2.41 bits per heavy atom. The first kappa shape index (κ1) is 23.1. The van der Waals surface area contributed by atoms with Crippen molar-refractivity contribution >= 4 is 29.2 Å². The number of benzene rings is 2. The summed E-state index contributed by atoms with van der Waals surface area (Å²) in [5.74, 6) is 0.704. The number of carbonyl (C=O) groups is 2. The van der Waals surface area contributed by atoms with Gasteiger partial charge in [0.15, 0.2) is 0 Å². The Hall–Kier alpha value is -3.58. The van der Waals surface area contributed by atoms with E-state index in [9.17, 15) is 9.59 Å². The number of methoxy groups -OCH3 is 1. The standard InChI is InChI=1S/C25H26N2O4S/c1-17-7-4-5-9-22(17)24(28)27-23(15-21-8-6-14-32-21)25(29)26-18(2)16-31-20-12-10-19(30-3)11-13-20/h4-15,18H,16H2,1-3H3,(H,26,29)(H,27,28)/b23-15-. The lowest BCUT2D eigenvalue weighted by Crippen LogP contribution is -2.41. The average Bonchev–Trinajstić information content (AvgIpc) is 3.31. The van der Waals surface area contributed by atoms with Crippen molar-refractivity contribution in [2.24, 2.45) is 0 Å². The maximum Gasteiger partial charge on any atom is 0.268 e. The number of hydrogen-bond donors (Lipinski definition) is 2. The van der Waals surface area contributed by atoms with Gasteiger partial charge in [0, 0.05) is 10.4 Å². The zero-order chi connectivity index (χ0) is 22.9. The molecule has 7 heteroatoms. The van der Waals surface area contributed by atoms with Gasteiger partial charge >= 0.3 is 0 Å². The molecule has 0 saturated carbocycles. The fraction of sp³-hybridized carbons (Fsp3) is 0.200. The Morgan fingerprint density at radius 2 is 1.75 bits per heavy atom. The van der Waals surface area contributed by atoms with Gasteiger partial charge in [-0.15, -0.1) is 11.3 Å². The lowest BCUT2D eigenvalue weighted by Gasteiger charge is -2.17. The zero-order valence-electron chi connectivity index (χ0n) is 18.3. The van der Waals surface area contributed by atoms with Crippen molar-refractivity contribution in [3.8, 4) is 11.5 Å². The van der Waals surface area contributed by atoms with Crippen LogP contribution in [0.1, 0.15) is 27.7 Å². The monoisotopic (exact) mass is 450 g/mol. The Labute approximate surface area is 191 Å². The summed E-state index contributed by atoms with van der Waals surface area (Å²) in [4.78, 5) is 26.6. The summed E-state index contributed by atoms with van der Waals surface area (Å²) in [7, 11) is 1.60. The van der Waals surface area contributed by atoms with E-state index in [4.69, 9.17) is 9.47 Å². The predicted octanol–water partition coefficient (Wildman–Crippen LogP) is 4.42. The van der Waals surface area contributed by atoms with Crippen LogP contribution in [0.2, 0.25) is 0 Å². The first-order valence-corrected chi connectivity index (χ1v) is 11.0. The van der Waals surface area contributed by atoms with Crippen LogP contribution < -0.4 is 20.1 Å². The molecule has 32 heavy (non-hydrogen) atoms. The number of carbonyl (C=O) groups excluding carboxylic acids is 2. The van der Waals surface area contributed by atoms with Crippen molar-refractivity contribution in [3.63, 3.8) is 0 Å². The van der Waals surface area contributed by atoms with Gasteiger partial charge in [0.1, 0.15) is 23.8 Å². The summed E-state index contributed by atoms with van der Waals surface area (Å²) in [6.07, 6.45) is 1.67. The first-order chi connectivity index (χ1) is 15.5. The van der Waals surface area contributed by atoms with Gasteiger partial charge in [0.2, 0.25) is 0 Å². The molecular weight excluding hydrogens is 424 g/mol. The van der Waals surface area contributed by atoms with Crippen LogP contribution in [-0.2, 0) is 4.79 Å². The molecule has 0 spiro atoms. The number of hydrogen-bond acceptors (Lipinski definition) is 5. The Bertz CT molecular complexity index is 1080. The van der Waals surface area contributed by atoms with E-state index < -0.39 is 0 Å². The van der Waals surface area contributed by atoms with Crippen molar-refractivity contribution in [2.45, 2.75) is 19.9 Å². The Balaban J connectivity index is 1.66. The maximum atomic E-state index is 13.0. The molecule has 2 amide bonds. The highest BCUT2D eigenvalue weighted by Crippen LogP contribution is 2.17. The highest BCUT2D eigenvalue weighted by molar-refractivity contribution is 7.10. The van der Waals surface area contributed by atoms with Gasteiger partial charge in [0.25, 0.3) is 11.8 Å². The SMILES string of the molecule is COc1ccc(OCC(C)NC(=O)/C(=C/c2cccs2)NC(=O)c2ccccc2C)cc1. The second-order valence-corrected chi connectivity index (χ2v) is 8.18. The van der Waals surface area contributed by atoms with E-state index in [1.807, 2.05) is 55.6 Å². The molecule has 6 nitrogen and oxygen atoms in total. The number of amides is 2. The summed E-state index contributed by atoms with van der Waals surface area (Å²) in [6, 6.07) is 18.0. The molecular formula is C25H26N2O4S. The maximum absolute atomic E-state index is 13.0. The molecule has 2 aromatic carbocycles. The molecule has 0 aliphatic heterocycles. The third kappa shape index (κ3) is 6.46. The van der Waals surface area contributed by atoms with Crippen molar-refractivity contribution in [1.29, 1.82) is 0 Å². The van der Waals surface area contributed by atoms with E-state index in [-0.39, 0.29) is 30.2 Å². The summed E-state index contributed by atoms with van der Waals surface area (Å²) < 4.78 is 10.9. The number of ether oxygens (including phenoxy) is 2. The molecule has 0 bridgehead atoms. The molecule has 0 radical (unpaired) electrons. The van der Waals surface area contributed by atoms with E-state index in [0.29, 0.717) is 11.3 Å².